The fraction of sp³-hybridized carbons (Fsp3) is 0.133. The average Bonchev–Trinajstić information content (AvgIpc) is 2.43. The molecule has 2 N–H and O–H groups in total. The highest BCUT2D eigenvalue weighted by molar-refractivity contribution is 6.30. The van der Waals surface area contributed by atoms with Gasteiger partial charge in [-0.05, 0) is 29.8 Å². The van der Waals surface area contributed by atoms with Crippen LogP contribution in [0.5, 0.6) is 11.5 Å². The topological polar surface area (TPSA) is 60.8 Å². The van der Waals surface area contributed by atoms with Crippen molar-refractivity contribution in [1.29, 1.82) is 0 Å². The Morgan fingerprint density at radius 1 is 1.15 bits per heavy atom. The van der Waals surface area contributed by atoms with E-state index in [9.17, 15) is 15.0 Å². The molecular formula is C15H14ClNO3. The minimum atomic E-state index is -0.402. The molecule has 2 aromatic rings. The lowest BCUT2D eigenvalue weighted by molar-refractivity contribution is 0.0781. The molecule has 0 aliphatic rings. The van der Waals surface area contributed by atoms with Crippen molar-refractivity contribution in [2.24, 2.45) is 0 Å². The molecule has 0 unspecified atom stereocenters. The molecular weight excluding hydrogens is 278 g/mol. The van der Waals surface area contributed by atoms with Crippen molar-refractivity contribution in [3.05, 3.63) is 58.6 Å². The predicted molar refractivity (Wildman–Crippen MR) is 77.0 cm³/mol. The highest BCUT2D eigenvalue weighted by Crippen LogP contribution is 2.29. The van der Waals surface area contributed by atoms with Crippen LogP contribution in [0.2, 0.25) is 5.02 Å². The van der Waals surface area contributed by atoms with E-state index < -0.39 is 5.75 Å². The van der Waals surface area contributed by atoms with Crippen LogP contribution in [0.25, 0.3) is 0 Å². The van der Waals surface area contributed by atoms with E-state index >= 15 is 0 Å². The molecule has 0 spiro atoms. The van der Waals surface area contributed by atoms with E-state index in [1.54, 1.807) is 19.2 Å². The van der Waals surface area contributed by atoms with Gasteiger partial charge in [-0.2, -0.15) is 0 Å². The summed E-state index contributed by atoms with van der Waals surface area (Å²) in [4.78, 5) is 13.7. The molecule has 104 valence electrons. The van der Waals surface area contributed by atoms with Gasteiger partial charge in [0.1, 0.15) is 0 Å². The van der Waals surface area contributed by atoms with Crippen molar-refractivity contribution in [2.45, 2.75) is 6.54 Å². The van der Waals surface area contributed by atoms with E-state index in [1.807, 2.05) is 12.1 Å². The molecule has 20 heavy (non-hydrogen) atoms. The van der Waals surface area contributed by atoms with E-state index in [1.165, 1.54) is 23.1 Å². The molecule has 4 nitrogen and oxygen atoms in total. The van der Waals surface area contributed by atoms with Gasteiger partial charge >= 0.3 is 0 Å². The first kappa shape index (κ1) is 14.2. The predicted octanol–water partition coefficient (Wildman–Crippen LogP) is 3.02. The largest absolute Gasteiger partial charge is 0.504 e. The van der Waals surface area contributed by atoms with Crippen molar-refractivity contribution >= 4 is 17.5 Å². The van der Waals surface area contributed by atoms with E-state index in [-0.39, 0.29) is 17.2 Å². The number of carbonyl (C=O) groups excluding carboxylic acids is 1. The van der Waals surface area contributed by atoms with Gasteiger partial charge < -0.3 is 15.1 Å². The van der Waals surface area contributed by atoms with Crippen LogP contribution in [0.3, 0.4) is 0 Å². The zero-order valence-corrected chi connectivity index (χ0v) is 11.6. The second-order valence-electron chi connectivity index (χ2n) is 4.46. The minimum absolute atomic E-state index is 0.0708. The molecule has 0 heterocycles. The van der Waals surface area contributed by atoms with Gasteiger partial charge in [-0.1, -0.05) is 29.8 Å². The van der Waals surface area contributed by atoms with Crippen LogP contribution in [0.4, 0.5) is 0 Å². The maximum absolute atomic E-state index is 12.2. The average molecular weight is 292 g/mol. The van der Waals surface area contributed by atoms with Crippen molar-refractivity contribution < 1.29 is 15.0 Å². The Hall–Kier alpha value is -2.20. The summed E-state index contributed by atoms with van der Waals surface area (Å²) < 4.78 is 0. The lowest BCUT2D eigenvalue weighted by atomic mass is 10.1. The molecule has 2 rings (SSSR count). The van der Waals surface area contributed by atoms with Gasteiger partial charge in [0.25, 0.3) is 5.91 Å². The first-order valence-electron chi connectivity index (χ1n) is 6.00. The van der Waals surface area contributed by atoms with Crippen LogP contribution in [0.15, 0.2) is 42.5 Å². The maximum atomic E-state index is 12.2. The molecule has 0 aliphatic heterocycles. The molecule has 0 atom stereocenters. The summed E-state index contributed by atoms with van der Waals surface area (Å²) in [7, 11) is 1.63. The second-order valence-corrected chi connectivity index (χ2v) is 4.90. The number of halogens is 1. The van der Waals surface area contributed by atoms with Gasteiger partial charge in [-0.3, -0.25) is 4.79 Å². The minimum Gasteiger partial charge on any atom is -0.504 e. The standard InChI is InChI=1S/C15H14ClNO3/c1-17(9-10-5-7-11(16)8-6-10)15(20)12-3-2-4-13(18)14(12)19/h2-8,18-19H,9H2,1H3. The molecule has 0 fully saturated rings. The Balaban J connectivity index is 2.16. The number of hydrogen-bond acceptors (Lipinski definition) is 3. The molecule has 2 aromatic carbocycles. The van der Waals surface area contributed by atoms with Gasteiger partial charge in [-0.25, -0.2) is 0 Å². The van der Waals surface area contributed by atoms with Gasteiger partial charge in [-0.15, -0.1) is 0 Å². The maximum Gasteiger partial charge on any atom is 0.257 e. The third kappa shape index (κ3) is 3.03. The zero-order valence-electron chi connectivity index (χ0n) is 10.9. The number of aromatic hydroxyl groups is 2. The number of para-hydroxylation sites is 1. The summed E-state index contributed by atoms with van der Waals surface area (Å²) in [5.74, 6) is -1.08. The Morgan fingerprint density at radius 3 is 2.45 bits per heavy atom. The molecule has 0 saturated heterocycles. The van der Waals surface area contributed by atoms with Crippen LogP contribution >= 0.6 is 11.6 Å². The first-order chi connectivity index (χ1) is 9.49. The summed E-state index contributed by atoms with van der Waals surface area (Å²) in [6.07, 6.45) is 0. The van der Waals surface area contributed by atoms with Crippen LogP contribution in [0.1, 0.15) is 15.9 Å². The van der Waals surface area contributed by atoms with Gasteiger partial charge in [0.2, 0.25) is 0 Å². The van der Waals surface area contributed by atoms with Crippen molar-refractivity contribution in [1.82, 2.24) is 4.90 Å². The number of phenolic OH excluding ortho intramolecular Hbond substituents is 2. The van der Waals surface area contributed by atoms with E-state index in [0.29, 0.717) is 11.6 Å². The molecule has 0 aliphatic carbocycles. The third-order valence-electron chi connectivity index (χ3n) is 2.92. The van der Waals surface area contributed by atoms with Gasteiger partial charge in [0, 0.05) is 18.6 Å². The summed E-state index contributed by atoms with van der Waals surface area (Å²) in [6, 6.07) is 11.5. The smallest absolute Gasteiger partial charge is 0.257 e. The number of phenols is 2. The molecule has 0 radical (unpaired) electrons. The van der Waals surface area contributed by atoms with E-state index in [4.69, 9.17) is 11.6 Å². The number of carbonyl (C=O) groups is 1. The van der Waals surface area contributed by atoms with Crippen LogP contribution in [0, 0.1) is 0 Å². The molecule has 0 aromatic heterocycles. The highest BCUT2D eigenvalue weighted by atomic mass is 35.5. The Bertz CT molecular complexity index is 626. The summed E-state index contributed by atoms with van der Waals surface area (Å²) in [5.41, 5.74) is 0.992. The Labute approximate surface area is 121 Å². The third-order valence-corrected chi connectivity index (χ3v) is 3.18. The highest BCUT2D eigenvalue weighted by Gasteiger charge is 2.17. The van der Waals surface area contributed by atoms with Crippen LogP contribution in [-0.2, 0) is 6.54 Å². The second kappa shape index (κ2) is 5.84. The number of hydrogen-bond donors (Lipinski definition) is 2. The molecule has 0 saturated carbocycles. The van der Waals surface area contributed by atoms with Crippen LogP contribution in [-0.4, -0.2) is 28.1 Å². The van der Waals surface area contributed by atoms with Crippen molar-refractivity contribution in [2.75, 3.05) is 7.05 Å². The monoisotopic (exact) mass is 291 g/mol. The number of amides is 1. The number of nitrogens with zero attached hydrogens (tertiary/aromatic N) is 1. The van der Waals surface area contributed by atoms with Crippen molar-refractivity contribution in [3.63, 3.8) is 0 Å². The molecule has 5 heteroatoms. The lowest BCUT2D eigenvalue weighted by Crippen LogP contribution is -2.26. The lowest BCUT2D eigenvalue weighted by Gasteiger charge is -2.18. The Kier molecular flexibility index (Phi) is 4.15. The Morgan fingerprint density at radius 2 is 1.80 bits per heavy atom. The fourth-order valence-corrected chi connectivity index (χ4v) is 1.97. The van der Waals surface area contributed by atoms with E-state index in [2.05, 4.69) is 0 Å². The normalized spacial score (nSPS) is 10.3. The summed E-state index contributed by atoms with van der Waals surface area (Å²) >= 11 is 5.80. The van der Waals surface area contributed by atoms with Gasteiger partial charge in [0.05, 0.1) is 5.56 Å². The number of benzene rings is 2. The van der Waals surface area contributed by atoms with Crippen LogP contribution < -0.4 is 0 Å². The van der Waals surface area contributed by atoms with Crippen molar-refractivity contribution in [3.8, 4) is 11.5 Å². The first-order valence-corrected chi connectivity index (χ1v) is 6.37. The summed E-state index contributed by atoms with van der Waals surface area (Å²) in [6.45, 7) is 0.380. The van der Waals surface area contributed by atoms with Gasteiger partial charge in [0.15, 0.2) is 11.5 Å². The number of rotatable bonds is 3. The van der Waals surface area contributed by atoms with E-state index in [0.717, 1.165) is 5.56 Å². The SMILES string of the molecule is CN(Cc1ccc(Cl)cc1)C(=O)c1cccc(O)c1O. The molecule has 1 amide bonds. The zero-order chi connectivity index (χ0) is 14.7. The summed E-state index contributed by atoms with van der Waals surface area (Å²) in [5, 5.41) is 19.8. The fourth-order valence-electron chi connectivity index (χ4n) is 1.85. The quantitative estimate of drug-likeness (QED) is 0.855. The molecule has 0 bridgehead atoms.